The van der Waals surface area contributed by atoms with Crippen molar-refractivity contribution in [3.8, 4) is 11.3 Å². The van der Waals surface area contributed by atoms with Gasteiger partial charge in [-0.25, -0.2) is 9.37 Å². The highest BCUT2D eigenvalue weighted by Gasteiger charge is 2.44. The van der Waals surface area contributed by atoms with Crippen molar-refractivity contribution in [2.75, 3.05) is 115 Å². The molecular weight excluding hydrogens is 1080 g/mol. The first-order valence-electron chi connectivity index (χ1n) is 25.7. The Kier molecular flexibility index (Phi) is 24.1. The topological polar surface area (TPSA) is 302 Å². The van der Waals surface area contributed by atoms with Crippen LogP contribution in [-0.2, 0) is 88.8 Å². The number of benzene rings is 2. The van der Waals surface area contributed by atoms with E-state index in [0.29, 0.717) is 86.3 Å². The fourth-order valence-electron chi connectivity index (χ4n) is 8.86. The zero-order valence-electron chi connectivity index (χ0n) is 44.9. The van der Waals surface area contributed by atoms with Gasteiger partial charge in [-0.05, 0) is 85.7 Å². The Bertz CT molecular complexity index is 2950. The lowest BCUT2D eigenvalue weighted by atomic mass is 9.77. The molecule has 1 saturated heterocycles. The molecule has 26 heteroatoms. The van der Waals surface area contributed by atoms with Crippen LogP contribution < -0.4 is 14.8 Å². The van der Waals surface area contributed by atoms with Crippen LogP contribution in [0.5, 0.6) is 0 Å². The predicted octanol–water partition coefficient (Wildman–Crippen LogP) is 4.44. The van der Waals surface area contributed by atoms with Gasteiger partial charge in [-0.3, -0.25) is 23.2 Å². The summed E-state index contributed by atoms with van der Waals surface area (Å²) in [6.07, 6.45) is 5.72. The van der Waals surface area contributed by atoms with Gasteiger partial charge in [-0.15, -0.1) is 5.06 Å². The van der Waals surface area contributed by atoms with Crippen molar-refractivity contribution in [2.45, 2.75) is 88.9 Å². The molecular formula is C52H74N3O20S3+. The second-order valence-electron chi connectivity index (χ2n) is 19.6. The van der Waals surface area contributed by atoms with Gasteiger partial charge in [0.1, 0.15) is 24.6 Å². The standard InChI is InChI=1S/C52H73N3O20S3/c1-6-53(20-9-35-77(62,63)64)39-12-14-42-43(51(2,3)4)37-40(74-46(42)36-39)10-7-11-47-52(5,19-8-34-76(59,60)61)44-38-41(78(65,66)67)13-15-45(44)54(47)21-23-69-25-27-71-29-31-73-33-32-72-30-28-70-26-24-68-22-18-50(58)75-55-48(56)16-17-49(55)57/h7,10-15,36-38H,6,8-9,16-35H2,1-5H3,(H2-,59,60,61,62,63,64,65,66,67)/p+1. The minimum atomic E-state index is -4.64. The van der Waals surface area contributed by atoms with Crippen molar-refractivity contribution in [3.63, 3.8) is 0 Å². The van der Waals surface area contributed by atoms with Crippen molar-refractivity contribution < 1.29 is 91.0 Å². The lowest BCUT2D eigenvalue weighted by molar-refractivity contribution is -0.198. The van der Waals surface area contributed by atoms with E-state index in [4.69, 9.17) is 37.7 Å². The SMILES string of the molecule is CC[N+](CCCS(=O)(=O)O)=c1ccc2c(C(C)(C)C)cc(/C=C/C=C3/N(CCOCCOCCOCCOCCOCCOCCC(=O)ON4C(=O)CCC4=O)c4ccc(S(=O)(=O)O)cc4C3(C)CCCS(=O)(=O)O)oc-2c1. The fourth-order valence-corrected chi connectivity index (χ4v) is 10.4. The minimum absolute atomic E-state index is 0.0153. The molecule has 4 aliphatic rings. The molecule has 1 aliphatic carbocycles. The molecule has 0 aromatic heterocycles. The van der Waals surface area contributed by atoms with Gasteiger partial charge >= 0.3 is 5.97 Å². The summed E-state index contributed by atoms with van der Waals surface area (Å²) in [6, 6.07) is 12.0. The van der Waals surface area contributed by atoms with E-state index in [1.807, 2.05) is 53.7 Å². The van der Waals surface area contributed by atoms with Crippen LogP contribution in [0.25, 0.3) is 17.4 Å². The number of imide groups is 1. The first kappa shape index (κ1) is 63.9. The maximum Gasteiger partial charge on any atom is 0.335 e. The van der Waals surface area contributed by atoms with Crippen LogP contribution in [-0.4, -0.2) is 172 Å². The largest absolute Gasteiger partial charge is 0.456 e. The summed E-state index contributed by atoms with van der Waals surface area (Å²) in [5.74, 6) is -1.65. The van der Waals surface area contributed by atoms with Crippen molar-refractivity contribution >= 4 is 59.9 Å². The van der Waals surface area contributed by atoms with Crippen LogP contribution in [0.3, 0.4) is 0 Å². The number of anilines is 1. The second kappa shape index (κ2) is 29.5. The molecule has 1 aromatic carbocycles. The molecule has 23 nitrogen and oxygen atoms in total. The van der Waals surface area contributed by atoms with Crippen molar-refractivity contribution in [1.82, 2.24) is 9.64 Å². The predicted molar refractivity (Wildman–Crippen MR) is 286 cm³/mol. The van der Waals surface area contributed by atoms with Gasteiger partial charge in [0, 0.05) is 54.2 Å². The minimum Gasteiger partial charge on any atom is -0.456 e. The van der Waals surface area contributed by atoms with Gasteiger partial charge in [-0.2, -0.15) is 25.3 Å². The summed E-state index contributed by atoms with van der Waals surface area (Å²) in [4.78, 5) is 41.2. The molecule has 434 valence electrons. The Labute approximate surface area is 456 Å². The van der Waals surface area contributed by atoms with Gasteiger partial charge in [0.2, 0.25) is 5.36 Å². The molecule has 1 aromatic rings. The summed E-state index contributed by atoms with van der Waals surface area (Å²) in [6.45, 7) is 14.4. The number of carbonyl (C=O) groups is 3. The second-order valence-corrected chi connectivity index (χ2v) is 24.2. The lowest BCUT2D eigenvalue weighted by Gasteiger charge is -2.30. The van der Waals surface area contributed by atoms with Crippen LogP contribution >= 0.6 is 0 Å². The van der Waals surface area contributed by atoms with E-state index >= 15 is 0 Å². The Balaban J connectivity index is 1.16. The summed E-state index contributed by atoms with van der Waals surface area (Å²) in [5, 5.41) is 1.30. The smallest absolute Gasteiger partial charge is 0.335 e. The summed E-state index contributed by atoms with van der Waals surface area (Å²) >= 11 is 0. The first-order valence-corrected chi connectivity index (χ1v) is 30.3. The van der Waals surface area contributed by atoms with Crippen LogP contribution in [0.15, 0.2) is 69.6 Å². The number of hydrogen-bond donors (Lipinski definition) is 3. The fraction of sp³-hybridized carbons (Fsp3) is 0.577. The highest BCUT2D eigenvalue weighted by atomic mass is 32.2. The molecule has 1 fully saturated rings. The van der Waals surface area contributed by atoms with E-state index in [1.54, 1.807) is 18.2 Å². The van der Waals surface area contributed by atoms with E-state index in [1.165, 1.54) is 12.1 Å². The molecule has 3 N–H and O–H groups in total. The van der Waals surface area contributed by atoms with Gasteiger partial charge in [0.05, 0.1) is 108 Å². The third kappa shape index (κ3) is 20.0. The number of ether oxygens (including phenoxy) is 6. The van der Waals surface area contributed by atoms with Crippen molar-refractivity contribution in [2.24, 2.45) is 0 Å². The maximum absolute atomic E-state index is 12.4. The normalized spacial score (nSPS) is 17.3. The van der Waals surface area contributed by atoms with E-state index in [0.717, 1.165) is 16.5 Å². The number of hydroxylamine groups is 2. The monoisotopic (exact) mass is 1160 g/mol. The molecule has 3 aliphatic heterocycles. The Morgan fingerprint density at radius 3 is 1.83 bits per heavy atom. The van der Waals surface area contributed by atoms with Crippen LogP contribution in [0.4, 0.5) is 5.69 Å². The van der Waals surface area contributed by atoms with E-state index in [-0.39, 0.29) is 101 Å². The average molecular weight is 1160 g/mol. The first-order chi connectivity index (χ1) is 36.8. The van der Waals surface area contributed by atoms with Gasteiger partial charge < -0.3 is 42.6 Å². The highest BCUT2D eigenvalue weighted by Crippen LogP contribution is 2.51. The number of carbonyl (C=O) groups excluding carboxylic acids is 3. The summed E-state index contributed by atoms with van der Waals surface area (Å²) in [5.41, 5.74) is 2.31. The van der Waals surface area contributed by atoms with Crippen LogP contribution in [0, 0.1) is 0 Å². The molecule has 3 heterocycles. The molecule has 5 rings (SSSR count). The van der Waals surface area contributed by atoms with Gasteiger partial charge in [0.25, 0.3) is 42.2 Å². The van der Waals surface area contributed by atoms with Crippen LogP contribution in [0.1, 0.15) is 90.0 Å². The zero-order valence-corrected chi connectivity index (χ0v) is 47.3. The summed E-state index contributed by atoms with van der Waals surface area (Å²) in [7, 11) is -13.1. The molecule has 0 bridgehead atoms. The molecule has 0 radical (unpaired) electrons. The van der Waals surface area contributed by atoms with E-state index < -0.39 is 59.3 Å². The number of fused-ring (bicyclic) bond motifs is 2. The quantitative estimate of drug-likeness (QED) is 0.0322. The lowest BCUT2D eigenvalue weighted by Crippen LogP contribution is -2.32. The van der Waals surface area contributed by atoms with Crippen molar-refractivity contribution in [3.05, 3.63) is 82.6 Å². The van der Waals surface area contributed by atoms with Crippen molar-refractivity contribution in [1.29, 1.82) is 0 Å². The average Bonchev–Trinajstić information content (AvgIpc) is 4.05. The van der Waals surface area contributed by atoms with Gasteiger partial charge in [-0.1, -0.05) is 26.8 Å². The number of amides is 2. The molecule has 2 amide bonds. The van der Waals surface area contributed by atoms with E-state index in [9.17, 15) is 53.3 Å². The highest BCUT2D eigenvalue weighted by molar-refractivity contribution is 7.86. The Hall–Kier alpha value is -4.97. The molecule has 0 saturated carbocycles. The maximum atomic E-state index is 12.4. The van der Waals surface area contributed by atoms with E-state index in [2.05, 4.69) is 20.8 Å². The van der Waals surface area contributed by atoms with Gasteiger partial charge in [0.15, 0.2) is 0 Å². The third-order valence-corrected chi connectivity index (χ3v) is 15.2. The summed E-state index contributed by atoms with van der Waals surface area (Å²) < 4.78 is 143. The third-order valence-electron chi connectivity index (χ3n) is 12.7. The number of nitrogens with zero attached hydrogens (tertiary/aromatic N) is 3. The molecule has 0 spiro atoms. The molecule has 78 heavy (non-hydrogen) atoms. The number of hydrogen-bond acceptors (Lipinski definition) is 18. The molecule has 1 atom stereocenters. The molecule has 1 unspecified atom stereocenters. The van der Waals surface area contributed by atoms with Crippen LogP contribution in [0.2, 0.25) is 0 Å². The zero-order chi connectivity index (χ0) is 57.2. The number of rotatable bonds is 34. The number of allylic oxidation sites excluding steroid dienone is 3. The Morgan fingerprint density at radius 1 is 0.744 bits per heavy atom. The Morgan fingerprint density at radius 2 is 1.29 bits per heavy atom.